The van der Waals surface area contributed by atoms with Crippen molar-refractivity contribution in [2.45, 2.75) is 25.9 Å². The average molecular weight is 498 g/mol. The first kappa shape index (κ1) is 24.6. The molecule has 0 fully saturated rings. The minimum absolute atomic E-state index is 0.116. The molecule has 1 aromatic heterocycles. The van der Waals surface area contributed by atoms with Gasteiger partial charge < -0.3 is 28.8 Å². The summed E-state index contributed by atoms with van der Waals surface area (Å²) in [6.45, 7) is 2.51. The minimum Gasteiger partial charge on any atom is -0.497 e. The van der Waals surface area contributed by atoms with Gasteiger partial charge in [0.1, 0.15) is 18.1 Å². The van der Waals surface area contributed by atoms with Crippen LogP contribution in [0.4, 0.5) is 0 Å². The van der Waals surface area contributed by atoms with Gasteiger partial charge in [-0.15, -0.1) is 0 Å². The van der Waals surface area contributed by atoms with Crippen LogP contribution in [-0.4, -0.2) is 49.4 Å². The average Bonchev–Trinajstić information content (AvgIpc) is 3.52. The number of ether oxygens (including phenoxy) is 3. The zero-order chi connectivity index (χ0) is 24.8. The van der Waals surface area contributed by atoms with Crippen molar-refractivity contribution in [1.82, 2.24) is 10.2 Å². The molecule has 1 amide bonds. The van der Waals surface area contributed by atoms with Gasteiger partial charge in [0, 0.05) is 12.8 Å². The van der Waals surface area contributed by atoms with Gasteiger partial charge in [0.05, 0.1) is 50.3 Å². The Labute approximate surface area is 207 Å². The Bertz CT molecular complexity index is 1150. The molecule has 9 nitrogen and oxygen atoms in total. The number of amidine groups is 1. The maximum atomic E-state index is 13.2. The number of allylic oxidation sites excluding steroid dienone is 1. The van der Waals surface area contributed by atoms with E-state index in [2.05, 4.69) is 10.3 Å². The fourth-order valence-corrected chi connectivity index (χ4v) is 4.82. The molecule has 4 rings (SSSR count). The monoisotopic (exact) mass is 497 g/mol. The molecule has 0 aliphatic carbocycles. The smallest absolute Gasteiger partial charge is 0.338 e. The molecule has 1 N–H and O–H groups in total. The van der Waals surface area contributed by atoms with E-state index in [1.54, 1.807) is 39.5 Å². The molecule has 184 valence electrons. The van der Waals surface area contributed by atoms with E-state index >= 15 is 0 Å². The van der Waals surface area contributed by atoms with Crippen LogP contribution in [0.3, 0.4) is 0 Å². The number of rotatable bonds is 10. The standard InChI is InChI=1S/C25H27N3O6S/c1-16-22(24(30)34-12-11-31-2)23(17-6-8-19(32-3)9-7-17)28-18(15-35-25(28)27-16)13-21(29)26-14-20-5-4-10-33-20/h4-10,15,23H,11-14H2,1-3H3,(H,26,29). The quantitative estimate of drug-likeness (QED) is 0.391. The molecule has 2 aliphatic heterocycles. The molecule has 3 heterocycles. The summed E-state index contributed by atoms with van der Waals surface area (Å²) >= 11 is 1.42. The molecule has 0 radical (unpaired) electrons. The number of carbonyl (C=O) groups excluding carboxylic acids is 2. The fraction of sp³-hybridized carbons (Fsp3) is 0.320. The third-order valence-electron chi connectivity index (χ3n) is 5.55. The van der Waals surface area contributed by atoms with Crippen molar-refractivity contribution in [3.05, 3.63) is 76.4 Å². The van der Waals surface area contributed by atoms with Crippen LogP contribution in [0.15, 0.2) is 74.4 Å². The number of thioether (sulfide) groups is 1. The molecule has 1 aromatic carbocycles. The van der Waals surface area contributed by atoms with E-state index in [1.165, 1.54) is 11.8 Å². The second kappa shape index (κ2) is 11.3. The Hall–Kier alpha value is -3.50. The summed E-state index contributed by atoms with van der Waals surface area (Å²) in [5.74, 6) is 0.733. The number of carbonyl (C=O) groups is 2. The van der Waals surface area contributed by atoms with Gasteiger partial charge in [-0.1, -0.05) is 23.9 Å². The maximum absolute atomic E-state index is 13.2. The summed E-state index contributed by atoms with van der Waals surface area (Å²) in [7, 11) is 3.15. The zero-order valence-electron chi connectivity index (χ0n) is 19.8. The zero-order valence-corrected chi connectivity index (χ0v) is 20.6. The predicted octanol–water partition coefficient (Wildman–Crippen LogP) is 3.76. The normalized spacial score (nSPS) is 17.0. The number of nitrogens with one attached hydrogen (secondary N) is 1. The molecule has 0 saturated heterocycles. The lowest BCUT2D eigenvalue weighted by atomic mass is 9.93. The molecule has 10 heteroatoms. The fourth-order valence-electron chi connectivity index (χ4n) is 3.85. The van der Waals surface area contributed by atoms with Crippen LogP contribution in [0.1, 0.15) is 30.7 Å². The van der Waals surface area contributed by atoms with E-state index < -0.39 is 12.0 Å². The highest BCUT2D eigenvalue weighted by Crippen LogP contribution is 2.45. The van der Waals surface area contributed by atoms with E-state index in [0.717, 1.165) is 11.3 Å². The van der Waals surface area contributed by atoms with Crippen LogP contribution in [-0.2, 0) is 25.6 Å². The van der Waals surface area contributed by atoms with Gasteiger partial charge in [-0.05, 0) is 42.2 Å². The molecule has 1 unspecified atom stereocenters. The third kappa shape index (κ3) is 5.60. The number of hydrogen-bond acceptors (Lipinski definition) is 9. The van der Waals surface area contributed by atoms with Crippen molar-refractivity contribution >= 4 is 28.8 Å². The van der Waals surface area contributed by atoms with Crippen molar-refractivity contribution < 1.29 is 28.2 Å². The van der Waals surface area contributed by atoms with Gasteiger partial charge in [0.25, 0.3) is 0 Å². The van der Waals surface area contributed by atoms with Crippen LogP contribution in [0.25, 0.3) is 0 Å². The lowest BCUT2D eigenvalue weighted by Crippen LogP contribution is -2.38. The Morgan fingerprint density at radius 2 is 1.97 bits per heavy atom. The number of aliphatic imine (C=N–C) groups is 1. The topological polar surface area (TPSA) is 103 Å². The first-order valence-corrected chi connectivity index (χ1v) is 11.9. The molecule has 35 heavy (non-hydrogen) atoms. The first-order chi connectivity index (χ1) is 17.0. The van der Waals surface area contributed by atoms with Crippen LogP contribution in [0.5, 0.6) is 5.75 Å². The second-order valence-corrected chi connectivity index (χ2v) is 8.66. The highest BCUT2D eigenvalue weighted by Gasteiger charge is 2.41. The van der Waals surface area contributed by atoms with Gasteiger partial charge in [-0.25, -0.2) is 9.79 Å². The third-order valence-corrected chi connectivity index (χ3v) is 6.44. The molecular formula is C25H27N3O6S. The Morgan fingerprint density at radius 1 is 1.17 bits per heavy atom. The number of nitrogens with zero attached hydrogens (tertiary/aromatic N) is 2. The lowest BCUT2D eigenvalue weighted by molar-refractivity contribution is -0.141. The highest BCUT2D eigenvalue weighted by molar-refractivity contribution is 8.16. The Balaban J connectivity index is 1.61. The lowest BCUT2D eigenvalue weighted by Gasteiger charge is -2.36. The first-order valence-electron chi connectivity index (χ1n) is 11.0. The molecule has 0 spiro atoms. The molecular weight excluding hydrogens is 470 g/mol. The maximum Gasteiger partial charge on any atom is 0.338 e. The van der Waals surface area contributed by atoms with Gasteiger partial charge >= 0.3 is 5.97 Å². The van der Waals surface area contributed by atoms with E-state index in [9.17, 15) is 9.59 Å². The van der Waals surface area contributed by atoms with E-state index in [0.29, 0.717) is 41.1 Å². The summed E-state index contributed by atoms with van der Waals surface area (Å²) in [5.41, 5.74) is 2.57. The number of methoxy groups -OCH3 is 2. The number of furan rings is 1. The summed E-state index contributed by atoms with van der Waals surface area (Å²) in [5, 5.41) is 5.47. The van der Waals surface area contributed by atoms with Gasteiger partial charge in [0.15, 0.2) is 5.17 Å². The van der Waals surface area contributed by atoms with Crippen molar-refractivity contribution in [2.24, 2.45) is 4.99 Å². The second-order valence-electron chi connectivity index (χ2n) is 7.83. The van der Waals surface area contributed by atoms with Crippen molar-refractivity contribution in [2.75, 3.05) is 27.4 Å². The predicted molar refractivity (Wildman–Crippen MR) is 131 cm³/mol. The van der Waals surface area contributed by atoms with Gasteiger partial charge in [-0.3, -0.25) is 4.79 Å². The molecule has 1 atom stereocenters. The van der Waals surface area contributed by atoms with Crippen molar-refractivity contribution in [3.8, 4) is 5.75 Å². The number of amides is 1. The van der Waals surface area contributed by atoms with Gasteiger partial charge in [0.2, 0.25) is 5.91 Å². The summed E-state index contributed by atoms with van der Waals surface area (Å²) in [6, 6.07) is 10.5. The Kier molecular flexibility index (Phi) is 7.94. The number of benzene rings is 1. The molecule has 2 aliphatic rings. The van der Waals surface area contributed by atoms with Gasteiger partial charge in [-0.2, -0.15) is 0 Å². The van der Waals surface area contributed by atoms with Crippen LogP contribution in [0, 0.1) is 0 Å². The summed E-state index contributed by atoms with van der Waals surface area (Å²) in [6.07, 6.45) is 1.68. The highest BCUT2D eigenvalue weighted by atomic mass is 32.2. The van der Waals surface area contributed by atoms with Crippen molar-refractivity contribution in [1.29, 1.82) is 0 Å². The summed E-state index contributed by atoms with van der Waals surface area (Å²) in [4.78, 5) is 32.5. The number of fused-ring (bicyclic) bond motifs is 1. The Morgan fingerprint density at radius 3 is 2.66 bits per heavy atom. The van der Waals surface area contributed by atoms with E-state index in [-0.39, 0.29) is 18.9 Å². The minimum atomic E-state index is -0.512. The van der Waals surface area contributed by atoms with Crippen LogP contribution >= 0.6 is 11.8 Å². The molecule has 0 saturated carbocycles. The van der Waals surface area contributed by atoms with E-state index in [4.69, 9.17) is 18.6 Å². The molecule has 2 aromatic rings. The van der Waals surface area contributed by atoms with Crippen LogP contribution < -0.4 is 10.1 Å². The van der Waals surface area contributed by atoms with Crippen LogP contribution in [0.2, 0.25) is 0 Å². The summed E-state index contributed by atoms with van der Waals surface area (Å²) < 4.78 is 21.1. The molecule has 0 bridgehead atoms. The number of esters is 1. The SMILES string of the molecule is COCCOC(=O)C1=C(C)N=C2SC=C(CC(=O)NCc3ccco3)N2C1c1ccc(OC)cc1. The number of hydrogen-bond donors (Lipinski definition) is 1. The van der Waals surface area contributed by atoms with Crippen molar-refractivity contribution in [3.63, 3.8) is 0 Å². The largest absolute Gasteiger partial charge is 0.497 e. The van der Waals surface area contributed by atoms with E-state index in [1.807, 2.05) is 34.6 Å².